The molecule has 1 aliphatic rings. The fourth-order valence-electron chi connectivity index (χ4n) is 2.25. The van der Waals surface area contributed by atoms with Gasteiger partial charge in [0.25, 0.3) is 15.0 Å². The van der Waals surface area contributed by atoms with E-state index in [-0.39, 0.29) is 27.3 Å². The lowest BCUT2D eigenvalue weighted by atomic mass is 10.2. The molecule has 2 atom stereocenters. The second kappa shape index (κ2) is 6.02. The van der Waals surface area contributed by atoms with Crippen LogP contribution in [-0.4, -0.2) is 27.5 Å². The maximum absolute atomic E-state index is 12.3. The van der Waals surface area contributed by atoms with Gasteiger partial charge in [-0.15, -0.1) is 0 Å². The van der Waals surface area contributed by atoms with Crippen LogP contribution in [0.3, 0.4) is 0 Å². The number of rotatable bonds is 5. The number of carbonyl (C=O) groups excluding carboxylic acids is 1. The van der Waals surface area contributed by atoms with E-state index in [4.69, 9.17) is 27.0 Å². The Bertz CT molecular complexity index is 675. The average molecular weight is 352 g/mol. The Hall–Kier alpha value is -0.980. The molecule has 1 fully saturated rings. The molecule has 1 aromatic rings. The summed E-state index contributed by atoms with van der Waals surface area (Å²) in [5, 5.41) is 2.94. The lowest BCUT2D eigenvalue weighted by Crippen LogP contribution is -2.27. The van der Waals surface area contributed by atoms with Gasteiger partial charge in [-0.3, -0.25) is 4.79 Å². The van der Waals surface area contributed by atoms with E-state index in [2.05, 4.69) is 12.2 Å². The van der Waals surface area contributed by atoms with Gasteiger partial charge in [0.05, 0.1) is 12.7 Å². The molecule has 0 aromatic heterocycles. The number of hydrogen-bond acceptors (Lipinski definition) is 4. The molecule has 0 radical (unpaired) electrons. The van der Waals surface area contributed by atoms with Crippen molar-refractivity contribution in [1.29, 1.82) is 0 Å². The first-order valence-electron chi connectivity index (χ1n) is 6.41. The van der Waals surface area contributed by atoms with E-state index in [0.29, 0.717) is 5.92 Å². The zero-order valence-corrected chi connectivity index (χ0v) is 13.8. The number of amides is 1. The molecule has 1 aromatic carbocycles. The minimum absolute atomic E-state index is 0.0611. The summed E-state index contributed by atoms with van der Waals surface area (Å²) in [6.07, 6.45) is 1.91. The number of methoxy groups -OCH3 is 1. The number of hydrogen-bond donors (Lipinski definition) is 1. The van der Waals surface area contributed by atoms with E-state index in [1.807, 2.05) is 0 Å². The van der Waals surface area contributed by atoms with Crippen molar-refractivity contribution < 1.29 is 17.9 Å². The summed E-state index contributed by atoms with van der Waals surface area (Å²) in [6.45, 7) is 2.05. The summed E-state index contributed by atoms with van der Waals surface area (Å²) >= 11 is 5.88. The Morgan fingerprint density at radius 2 is 2.14 bits per heavy atom. The SMILES string of the molecule is CCC1CC1NC(=O)c1cc(Cl)cc(S(=O)(=O)Cl)c1OC. The van der Waals surface area contributed by atoms with Crippen molar-refractivity contribution in [2.75, 3.05) is 7.11 Å². The Kier molecular flexibility index (Phi) is 4.70. The number of ether oxygens (including phenoxy) is 1. The highest BCUT2D eigenvalue weighted by atomic mass is 35.7. The van der Waals surface area contributed by atoms with Gasteiger partial charge in [0.15, 0.2) is 5.75 Å². The molecule has 8 heteroatoms. The van der Waals surface area contributed by atoms with E-state index in [0.717, 1.165) is 18.9 Å². The molecule has 0 aliphatic heterocycles. The first kappa shape index (κ1) is 16.4. The molecule has 2 unspecified atom stereocenters. The van der Waals surface area contributed by atoms with Gasteiger partial charge < -0.3 is 10.1 Å². The van der Waals surface area contributed by atoms with Crippen LogP contribution in [0, 0.1) is 5.92 Å². The smallest absolute Gasteiger partial charge is 0.265 e. The second-order valence-electron chi connectivity index (χ2n) is 4.91. The van der Waals surface area contributed by atoms with Crippen LogP contribution < -0.4 is 10.1 Å². The van der Waals surface area contributed by atoms with Crippen molar-refractivity contribution in [2.45, 2.75) is 30.7 Å². The molecule has 0 bridgehead atoms. The minimum atomic E-state index is -4.07. The van der Waals surface area contributed by atoms with Crippen molar-refractivity contribution in [3.63, 3.8) is 0 Å². The minimum Gasteiger partial charge on any atom is -0.494 e. The maximum Gasteiger partial charge on any atom is 0.265 e. The molecule has 116 valence electrons. The zero-order chi connectivity index (χ0) is 15.8. The zero-order valence-electron chi connectivity index (χ0n) is 11.5. The molecular weight excluding hydrogens is 337 g/mol. The van der Waals surface area contributed by atoms with E-state index in [1.165, 1.54) is 13.2 Å². The van der Waals surface area contributed by atoms with Crippen molar-refractivity contribution in [2.24, 2.45) is 5.92 Å². The average Bonchev–Trinajstić information content (AvgIpc) is 3.15. The van der Waals surface area contributed by atoms with E-state index < -0.39 is 15.0 Å². The quantitative estimate of drug-likeness (QED) is 0.827. The fourth-order valence-corrected chi connectivity index (χ4v) is 3.56. The van der Waals surface area contributed by atoms with Gasteiger partial charge in [0.2, 0.25) is 0 Å². The largest absolute Gasteiger partial charge is 0.494 e. The molecule has 0 spiro atoms. The lowest BCUT2D eigenvalue weighted by Gasteiger charge is -2.12. The summed E-state index contributed by atoms with van der Waals surface area (Å²) in [5.74, 6) is -0.0483. The summed E-state index contributed by atoms with van der Waals surface area (Å²) < 4.78 is 28.2. The van der Waals surface area contributed by atoms with Crippen LogP contribution in [0.5, 0.6) is 5.75 Å². The van der Waals surface area contributed by atoms with E-state index in [9.17, 15) is 13.2 Å². The Morgan fingerprint density at radius 1 is 1.48 bits per heavy atom. The van der Waals surface area contributed by atoms with Crippen LogP contribution in [0.15, 0.2) is 17.0 Å². The lowest BCUT2D eigenvalue weighted by molar-refractivity contribution is 0.0945. The highest BCUT2D eigenvalue weighted by Crippen LogP contribution is 2.36. The van der Waals surface area contributed by atoms with Gasteiger partial charge in [0.1, 0.15) is 4.90 Å². The topological polar surface area (TPSA) is 72.5 Å². The highest BCUT2D eigenvalue weighted by molar-refractivity contribution is 8.13. The van der Waals surface area contributed by atoms with Crippen LogP contribution in [0.1, 0.15) is 30.1 Å². The van der Waals surface area contributed by atoms with Crippen LogP contribution in [0.2, 0.25) is 5.02 Å². The fraction of sp³-hybridized carbons (Fsp3) is 0.462. The Balaban J connectivity index is 2.39. The number of halogens is 2. The van der Waals surface area contributed by atoms with Gasteiger partial charge in [-0.05, 0) is 24.5 Å². The van der Waals surface area contributed by atoms with Crippen LogP contribution in [0.4, 0.5) is 0 Å². The third-order valence-corrected chi connectivity index (χ3v) is 5.04. The molecule has 5 nitrogen and oxygen atoms in total. The van der Waals surface area contributed by atoms with Gasteiger partial charge >= 0.3 is 0 Å². The molecule has 0 heterocycles. The standard InChI is InChI=1S/C13H15Cl2NO4S/c1-3-7-4-10(7)16-13(17)9-5-8(14)6-11(12(9)20-2)21(15,18)19/h5-7,10H,3-4H2,1-2H3,(H,16,17). The van der Waals surface area contributed by atoms with E-state index in [1.54, 1.807) is 0 Å². The van der Waals surface area contributed by atoms with Crippen molar-refractivity contribution >= 4 is 37.2 Å². The predicted molar refractivity (Wildman–Crippen MR) is 80.7 cm³/mol. The first-order valence-corrected chi connectivity index (χ1v) is 9.09. The third kappa shape index (κ3) is 3.62. The van der Waals surface area contributed by atoms with Gasteiger partial charge in [-0.1, -0.05) is 24.9 Å². The summed E-state index contributed by atoms with van der Waals surface area (Å²) in [6, 6.07) is 2.64. The predicted octanol–water partition coefficient (Wildman–Crippen LogP) is 2.80. The van der Waals surface area contributed by atoms with Gasteiger partial charge in [0, 0.05) is 21.7 Å². The van der Waals surface area contributed by atoms with Crippen LogP contribution >= 0.6 is 22.3 Å². The van der Waals surface area contributed by atoms with Gasteiger partial charge in [-0.25, -0.2) is 8.42 Å². The Labute approximate surface area is 133 Å². The van der Waals surface area contributed by atoms with Crippen molar-refractivity contribution in [3.05, 3.63) is 22.7 Å². The highest BCUT2D eigenvalue weighted by Gasteiger charge is 2.37. The normalized spacial score (nSPS) is 21.0. The molecule has 0 saturated heterocycles. The monoisotopic (exact) mass is 351 g/mol. The summed E-state index contributed by atoms with van der Waals surface area (Å²) in [5.41, 5.74) is 0.0611. The molecule has 1 N–H and O–H groups in total. The summed E-state index contributed by atoms with van der Waals surface area (Å²) in [7, 11) is 2.56. The molecule has 1 amide bonds. The van der Waals surface area contributed by atoms with Gasteiger partial charge in [-0.2, -0.15) is 0 Å². The van der Waals surface area contributed by atoms with Crippen molar-refractivity contribution in [3.8, 4) is 5.75 Å². The van der Waals surface area contributed by atoms with Crippen molar-refractivity contribution in [1.82, 2.24) is 5.32 Å². The first-order chi connectivity index (χ1) is 9.77. The number of carbonyl (C=O) groups is 1. The molecule has 1 aliphatic carbocycles. The maximum atomic E-state index is 12.3. The van der Waals surface area contributed by atoms with Crippen LogP contribution in [0.25, 0.3) is 0 Å². The molecule has 21 heavy (non-hydrogen) atoms. The summed E-state index contributed by atoms with van der Waals surface area (Å²) in [4.78, 5) is 12.0. The number of nitrogens with one attached hydrogen (secondary N) is 1. The van der Waals surface area contributed by atoms with Crippen LogP contribution in [-0.2, 0) is 9.05 Å². The second-order valence-corrected chi connectivity index (χ2v) is 7.88. The number of benzene rings is 1. The molecular formula is C13H15Cl2NO4S. The third-order valence-electron chi connectivity index (χ3n) is 3.49. The molecule has 2 rings (SSSR count). The molecule has 1 saturated carbocycles. The van der Waals surface area contributed by atoms with E-state index >= 15 is 0 Å². The Morgan fingerprint density at radius 3 is 2.62 bits per heavy atom.